The van der Waals surface area contributed by atoms with Crippen molar-refractivity contribution in [2.24, 2.45) is 0 Å². The Morgan fingerprint density at radius 1 is 0.455 bits per heavy atom. The van der Waals surface area contributed by atoms with Crippen LogP contribution in [-0.4, -0.2) is 55.4 Å². The molecule has 10 heteroatoms. The molecule has 0 fully saturated rings. The van der Waals surface area contributed by atoms with Gasteiger partial charge in [-0.3, -0.25) is 24.0 Å². The molecule has 0 saturated heterocycles. The molecule has 5 N–H and O–H groups in total. The van der Waals surface area contributed by atoms with Gasteiger partial charge in [0.25, 0.3) is 29.8 Å². The third-order valence-corrected chi connectivity index (χ3v) is 0. The van der Waals surface area contributed by atoms with Crippen molar-refractivity contribution < 1.29 is 49.5 Å². The first-order valence-corrected chi connectivity index (χ1v) is 5.35. The molecule has 133 valence electrons. The third kappa shape index (κ3) is 660. The second-order valence-corrected chi connectivity index (χ2v) is 2.60. The van der Waals surface area contributed by atoms with Gasteiger partial charge in [-0.25, -0.2) is 0 Å². The maximum Gasteiger partial charge on any atom is 0.300 e. The predicted octanol–water partition coefficient (Wildman–Crippen LogP) is 1.29. The van der Waals surface area contributed by atoms with Crippen LogP contribution < -0.4 is 0 Å². The van der Waals surface area contributed by atoms with E-state index in [1.807, 2.05) is 0 Å². The zero-order valence-electron chi connectivity index (χ0n) is 13.5. The Hall–Kier alpha value is -2.65. The van der Waals surface area contributed by atoms with Crippen LogP contribution in [0, 0.1) is 6.92 Å². The molecular weight excluding hydrogens is 304 g/mol. The largest absolute Gasteiger partial charge is 0.481 e. The lowest BCUT2D eigenvalue weighted by molar-refractivity contribution is -0.135. The van der Waals surface area contributed by atoms with Crippen molar-refractivity contribution in [3.8, 4) is 0 Å². The second-order valence-electron chi connectivity index (χ2n) is 2.60. The smallest absolute Gasteiger partial charge is 0.300 e. The fourth-order valence-corrected chi connectivity index (χ4v) is 0. The average Bonchev–Trinajstić information content (AvgIpc) is 2.14. The minimum absolute atomic E-state index is 0.833. The molecule has 0 aromatic carbocycles. The summed E-state index contributed by atoms with van der Waals surface area (Å²) in [5.41, 5.74) is 0. The molecule has 10 nitrogen and oxygen atoms in total. The molecule has 0 bridgehead atoms. The van der Waals surface area contributed by atoms with Crippen LogP contribution in [0.4, 0.5) is 0 Å². The summed E-state index contributed by atoms with van der Waals surface area (Å²) in [6.45, 7) is 10.4. The molecule has 0 spiro atoms. The first-order chi connectivity index (χ1) is 9.66. The van der Waals surface area contributed by atoms with E-state index in [4.69, 9.17) is 49.5 Å². The lowest BCUT2D eigenvalue weighted by Gasteiger charge is -1.59. The SMILES string of the molecule is CC(=O)O.CC(=O)O.CC(=O)O.CC(=O)O.CC(=O)O.[CH2]C. The first-order valence-electron chi connectivity index (χ1n) is 5.35. The summed E-state index contributed by atoms with van der Waals surface area (Å²) < 4.78 is 0. The Morgan fingerprint density at radius 2 is 0.455 bits per heavy atom. The molecule has 0 heterocycles. The van der Waals surface area contributed by atoms with Gasteiger partial charge in [0.2, 0.25) is 0 Å². The van der Waals surface area contributed by atoms with E-state index in [-0.39, 0.29) is 0 Å². The Labute approximate surface area is 129 Å². The molecule has 0 unspecified atom stereocenters. The summed E-state index contributed by atoms with van der Waals surface area (Å²) in [4.78, 5) is 45.0. The molecule has 1 radical (unpaired) electrons. The maximum absolute atomic E-state index is 9.00. The van der Waals surface area contributed by atoms with Crippen LogP contribution in [0.1, 0.15) is 41.5 Å². The molecule has 0 saturated carbocycles. The summed E-state index contributed by atoms with van der Waals surface area (Å²) in [6.07, 6.45) is 0. The van der Waals surface area contributed by atoms with Crippen LogP contribution in [0.3, 0.4) is 0 Å². The van der Waals surface area contributed by atoms with Gasteiger partial charge in [0, 0.05) is 34.6 Å². The first kappa shape index (κ1) is 36.6. The van der Waals surface area contributed by atoms with Gasteiger partial charge in [0.15, 0.2) is 0 Å². The second kappa shape index (κ2) is 36.2. The molecule has 0 atom stereocenters. The van der Waals surface area contributed by atoms with Crippen LogP contribution >= 0.6 is 0 Å². The van der Waals surface area contributed by atoms with E-state index >= 15 is 0 Å². The van der Waals surface area contributed by atoms with E-state index in [2.05, 4.69) is 6.92 Å². The highest BCUT2D eigenvalue weighted by molar-refractivity contribution is 5.63. The van der Waals surface area contributed by atoms with Crippen molar-refractivity contribution in [2.45, 2.75) is 41.5 Å². The quantitative estimate of drug-likeness (QED) is 0.433. The van der Waals surface area contributed by atoms with Crippen LogP contribution in [-0.2, 0) is 24.0 Å². The van der Waals surface area contributed by atoms with E-state index in [0.29, 0.717) is 0 Å². The highest BCUT2D eigenvalue weighted by atomic mass is 16.4. The molecule has 0 aromatic heterocycles. The molecule has 0 aliphatic rings. The van der Waals surface area contributed by atoms with Crippen molar-refractivity contribution in [2.75, 3.05) is 0 Å². The number of carboxylic acid groups (broad SMARTS) is 5. The van der Waals surface area contributed by atoms with Crippen LogP contribution in [0.15, 0.2) is 0 Å². The van der Waals surface area contributed by atoms with Crippen LogP contribution in [0.2, 0.25) is 0 Å². The zero-order valence-corrected chi connectivity index (χ0v) is 13.5. The topological polar surface area (TPSA) is 186 Å². The Morgan fingerprint density at radius 3 is 0.455 bits per heavy atom. The molecule has 22 heavy (non-hydrogen) atoms. The molecule has 0 aromatic rings. The number of hydrogen-bond donors (Lipinski definition) is 5. The Balaban J connectivity index is -0.0000000353. The van der Waals surface area contributed by atoms with Crippen molar-refractivity contribution in [1.29, 1.82) is 0 Å². The van der Waals surface area contributed by atoms with E-state index in [1.165, 1.54) is 0 Å². The van der Waals surface area contributed by atoms with E-state index in [1.54, 1.807) is 6.92 Å². The fourth-order valence-electron chi connectivity index (χ4n) is 0. The number of rotatable bonds is 0. The monoisotopic (exact) mass is 329 g/mol. The van der Waals surface area contributed by atoms with Gasteiger partial charge in [0.1, 0.15) is 0 Å². The maximum atomic E-state index is 9.00. The number of carbonyl (C=O) groups is 5. The number of hydrogen-bond acceptors (Lipinski definition) is 5. The van der Waals surface area contributed by atoms with Gasteiger partial charge in [-0.2, -0.15) is 0 Å². The third-order valence-electron chi connectivity index (χ3n) is 0. The highest BCUT2D eigenvalue weighted by Crippen LogP contribution is 1.43. The van der Waals surface area contributed by atoms with Crippen molar-refractivity contribution in [1.82, 2.24) is 0 Å². The summed E-state index contributed by atoms with van der Waals surface area (Å²) in [5.74, 6) is -4.17. The predicted molar refractivity (Wildman–Crippen MR) is 77.6 cm³/mol. The fraction of sp³-hybridized carbons (Fsp3) is 0.500. The van der Waals surface area contributed by atoms with Crippen molar-refractivity contribution >= 4 is 29.8 Å². The van der Waals surface area contributed by atoms with Gasteiger partial charge >= 0.3 is 0 Å². The zero-order chi connectivity index (χ0) is 19.9. The summed E-state index contributed by atoms with van der Waals surface area (Å²) >= 11 is 0. The lowest BCUT2D eigenvalue weighted by atomic mass is 10.9. The van der Waals surface area contributed by atoms with Crippen molar-refractivity contribution in [3.05, 3.63) is 6.92 Å². The van der Waals surface area contributed by atoms with Gasteiger partial charge in [-0.1, -0.05) is 13.8 Å². The van der Waals surface area contributed by atoms with E-state index in [9.17, 15) is 0 Å². The Kier molecular flexibility index (Phi) is 60.2. The summed E-state index contributed by atoms with van der Waals surface area (Å²) in [7, 11) is 0. The molecule has 0 aliphatic heterocycles. The molecule has 0 aliphatic carbocycles. The van der Waals surface area contributed by atoms with Crippen LogP contribution in [0.25, 0.3) is 0 Å². The van der Waals surface area contributed by atoms with Gasteiger partial charge in [0.05, 0.1) is 0 Å². The van der Waals surface area contributed by atoms with Gasteiger partial charge < -0.3 is 25.5 Å². The Bertz CT molecular complexity index is 207. The van der Waals surface area contributed by atoms with Gasteiger partial charge in [-0.15, -0.1) is 0 Å². The standard InChI is InChI=1S/5C2H4O2.C2H5/c5*1-2(3)4;1-2/h5*1H3,(H,3,4);1H2,2H3. The molecular formula is C12H25O10. The van der Waals surface area contributed by atoms with E-state index < -0.39 is 29.8 Å². The van der Waals surface area contributed by atoms with Crippen molar-refractivity contribution in [3.63, 3.8) is 0 Å². The number of carboxylic acids is 5. The van der Waals surface area contributed by atoms with Gasteiger partial charge in [-0.05, 0) is 0 Å². The highest BCUT2D eigenvalue weighted by Gasteiger charge is 1.66. The minimum atomic E-state index is -0.833. The molecule has 0 amide bonds. The lowest BCUT2D eigenvalue weighted by Crippen LogP contribution is -1.78. The molecule has 0 rings (SSSR count). The van der Waals surface area contributed by atoms with E-state index in [0.717, 1.165) is 34.6 Å². The number of aliphatic carboxylic acids is 5. The average molecular weight is 329 g/mol. The summed E-state index contributed by atoms with van der Waals surface area (Å²) in [5, 5.41) is 37.1. The minimum Gasteiger partial charge on any atom is -0.481 e. The normalized spacial score (nSPS) is 5.95. The van der Waals surface area contributed by atoms with Crippen LogP contribution in [0.5, 0.6) is 0 Å². The summed E-state index contributed by atoms with van der Waals surface area (Å²) in [6, 6.07) is 0.